The van der Waals surface area contributed by atoms with Crippen LogP contribution in [-0.4, -0.2) is 61.5 Å². The van der Waals surface area contributed by atoms with E-state index in [2.05, 4.69) is 10.2 Å². The predicted octanol–water partition coefficient (Wildman–Crippen LogP) is -0.488. The maximum Gasteiger partial charge on any atom is 0.236 e. The number of hydrogen-bond donors (Lipinski definition) is 1. The molecule has 0 bridgehead atoms. The molecule has 4 heteroatoms. The van der Waals surface area contributed by atoms with E-state index in [9.17, 15) is 4.79 Å². The second-order valence-electron chi connectivity index (χ2n) is 4.29. The number of rotatable bonds is 1. The second-order valence-corrected chi connectivity index (χ2v) is 4.29. The summed E-state index contributed by atoms with van der Waals surface area (Å²) in [4.78, 5) is 15.8. The van der Waals surface area contributed by atoms with E-state index < -0.39 is 0 Å². The fourth-order valence-electron chi connectivity index (χ4n) is 2.27. The van der Waals surface area contributed by atoms with Gasteiger partial charge < -0.3 is 10.2 Å². The van der Waals surface area contributed by atoms with Crippen molar-refractivity contribution >= 4 is 5.91 Å². The minimum Gasteiger partial charge on any atom is -0.345 e. The third-order valence-corrected chi connectivity index (χ3v) is 3.25. The summed E-state index contributed by atoms with van der Waals surface area (Å²) < 4.78 is 0. The first-order valence-corrected chi connectivity index (χ1v) is 5.46. The first-order valence-electron chi connectivity index (χ1n) is 5.46. The van der Waals surface area contributed by atoms with Crippen LogP contribution in [0.3, 0.4) is 0 Å². The minimum absolute atomic E-state index is 0.273. The van der Waals surface area contributed by atoms with Gasteiger partial charge in [0.2, 0.25) is 5.91 Å². The highest BCUT2D eigenvalue weighted by Crippen LogP contribution is 2.11. The monoisotopic (exact) mass is 197 g/mol. The van der Waals surface area contributed by atoms with Gasteiger partial charge >= 0.3 is 0 Å². The molecular formula is C10H19N3O. The van der Waals surface area contributed by atoms with Crippen LogP contribution in [0.5, 0.6) is 0 Å². The van der Waals surface area contributed by atoms with E-state index in [0.717, 1.165) is 32.6 Å². The highest BCUT2D eigenvalue weighted by atomic mass is 16.2. The Labute approximate surface area is 85.2 Å². The van der Waals surface area contributed by atoms with Crippen molar-refractivity contribution < 1.29 is 4.79 Å². The van der Waals surface area contributed by atoms with Crippen molar-refractivity contribution in [2.24, 2.45) is 0 Å². The highest BCUT2D eigenvalue weighted by Gasteiger charge is 2.26. The lowest BCUT2D eigenvalue weighted by molar-refractivity contribution is -0.130. The van der Waals surface area contributed by atoms with Crippen molar-refractivity contribution in [2.45, 2.75) is 18.9 Å². The van der Waals surface area contributed by atoms with Gasteiger partial charge in [0.15, 0.2) is 0 Å². The molecule has 14 heavy (non-hydrogen) atoms. The largest absolute Gasteiger partial charge is 0.345 e. The fraction of sp³-hybridized carbons (Fsp3) is 0.900. The van der Waals surface area contributed by atoms with Gasteiger partial charge in [-0.2, -0.15) is 0 Å². The molecule has 1 N–H and O–H groups in total. The molecule has 2 heterocycles. The number of likely N-dealkylation sites (N-methyl/N-ethyl adjacent to an activating group) is 1. The Morgan fingerprint density at radius 1 is 1.43 bits per heavy atom. The van der Waals surface area contributed by atoms with Crippen molar-refractivity contribution in [3.05, 3.63) is 0 Å². The van der Waals surface area contributed by atoms with Crippen molar-refractivity contribution in [1.82, 2.24) is 15.1 Å². The standard InChI is InChI=1S/C10H19N3O/c1-12-5-2-6-13(8-10(12)14)9-3-4-11-7-9/h9,11H,2-8H2,1H3. The summed E-state index contributed by atoms with van der Waals surface area (Å²) in [6, 6.07) is 0.588. The first-order chi connectivity index (χ1) is 6.77. The molecule has 80 valence electrons. The van der Waals surface area contributed by atoms with Crippen LogP contribution in [0.2, 0.25) is 0 Å². The molecular weight excluding hydrogens is 178 g/mol. The summed E-state index contributed by atoms with van der Waals surface area (Å²) in [6.45, 7) is 4.75. The zero-order chi connectivity index (χ0) is 9.97. The number of amides is 1. The van der Waals surface area contributed by atoms with Crippen LogP contribution < -0.4 is 5.32 Å². The van der Waals surface area contributed by atoms with Crippen LogP contribution in [-0.2, 0) is 4.79 Å². The van der Waals surface area contributed by atoms with Crippen LogP contribution >= 0.6 is 0 Å². The van der Waals surface area contributed by atoms with Gasteiger partial charge in [0, 0.05) is 32.7 Å². The Bertz CT molecular complexity index is 213. The van der Waals surface area contributed by atoms with Crippen LogP contribution in [0.15, 0.2) is 0 Å². The highest BCUT2D eigenvalue weighted by molar-refractivity contribution is 5.78. The molecule has 0 aromatic carbocycles. The Morgan fingerprint density at radius 3 is 3.00 bits per heavy atom. The molecule has 2 saturated heterocycles. The summed E-state index contributed by atoms with van der Waals surface area (Å²) in [5.74, 6) is 0.273. The van der Waals surface area contributed by atoms with Crippen molar-refractivity contribution in [3.8, 4) is 0 Å². The zero-order valence-corrected chi connectivity index (χ0v) is 8.83. The molecule has 1 atom stereocenters. The molecule has 0 radical (unpaired) electrons. The van der Waals surface area contributed by atoms with E-state index in [1.807, 2.05) is 11.9 Å². The summed E-state index contributed by atoms with van der Waals surface area (Å²) in [6.07, 6.45) is 2.30. The average molecular weight is 197 g/mol. The van der Waals surface area contributed by atoms with E-state index in [-0.39, 0.29) is 5.91 Å². The average Bonchev–Trinajstić information content (AvgIpc) is 2.63. The molecule has 0 aromatic heterocycles. The van der Waals surface area contributed by atoms with E-state index >= 15 is 0 Å². The summed E-state index contributed by atoms with van der Waals surface area (Å²) in [5, 5.41) is 3.35. The minimum atomic E-state index is 0.273. The SMILES string of the molecule is CN1CCCN(C2CCNC2)CC1=O. The van der Waals surface area contributed by atoms with Gasteiger partial charge in [-0.25, -0.2) is 0 Å². The summed E-state index contributed by atoms with van der Waals surface area (Å²) >= 11 is 0. The van der Waals surface area contributed by atoms with Gasteiger partial charge in [-0.15, -0.1) is 0 Å². The number of carbonyl (C=O) groups excluding carboxylic acids is 1. The molecule has 1 amide bonds. The second kappa shape index (κ2) is 4.28. The number of carbonyl (C=O) groups is 1. The normalized spacial score (nSPS) is 30.8. The van der Waals surface area contributed by atoms with Crippen molar-refractivity contribution in [1.29, 1.82) is 0 Å². The Kier molecular flexibility index (Phi) is 3.03. The predicted molar refractivity (Wildman–Crippen MR) is 55.1 cm³/mol. The maximum absolute atomic E-state index is 11.6. The Balaban J connectivity index is 1.94. The van der Waals surface area contributed by atoms with Gasteiger partial charge in [0.25, 0.3) is 0 Å². The van der Waals surface area contributed by atoms with E-state index in [0.29, 0.717) is 12.6 Å². The first kappa shape index (κ1) is 9.93. The molecule has 0 aliphatic carbocycles. The molecule has 1 unspecified atom stereocenters. The molecule has 2 aliphatic rings. The van der Waals surface area contributed by atoms with Gasteiger partial charge in [0.05, 0.1) is 6.54 Å². The van der Waals surface area contributed by atoms with E-state index in [4.69, 9.17) is 0 Å². The smallest absolute Gasteiger partial charge is 0.236 e. The van der Waals surface area contributed by atoms with Gasteiger partial charge in [-0.05, 0) is 19.4 Å². The lowest BCUT2D eigenvalue weighted by Crippen LogP contribution is -2.41. The molecule has 0 spiro atoms. The topological polar surface area (TPSA) is 35.6 Å². The van der Waals surface area contributed by atoms with Gasteiger partial charge in [-0.3, -0.25) is 9.69 Å². The van der Waals surface area contributed by atoms with Crippen molar-refractivity contribution in [3.63, 3.8) is 0 Å². The van der Waals surface area contributed by atoms with Gasteiger partial charge in [0.1, 0.15) is 0 Å². The third kappa shape index (κ3) is 2.07. The molecule has 2 aliphatic heterocycles. The fourth-order valence-corrected chi connectivity index (χ4v) is 2.27. The Hall–Kier alpha value is -0.610. The molecule has 2 fully saturated rings. The van der Waals surface area contributed by atoms with Crippen molar-refractivity contribution in [2.75, 3.05) is 39.8 Å². The number of nitrogens with one attached hydrogen (secondary N) is 1. The lowest BCUT2D eigenvalue weighted by atomic mass is 10.2. The third-order valence-electron chi connectivity index (χ3n) is 3.25. The van der Waals surface area contributed by atoms with E-state index in [1.54, 1.807) is 0 Å². The van der Waals surface area contributed by atoms with Crippen LogP contribution in [0, 0.1) is 0 Å². The quantitative estimate of drug-likeness (QED) is 0.616. The van der Waals surface area contributed by atoms with Crippen LogP contribution in [0.4, 0.5) is 0 Å². The van der Waals surface area contributed by atoms with E-state index in [1.165, 1.54) is 6.42 Å². The molecule has 0 saturated carbocycles. The number of nitrogens with zero attached hydrogens (tertiary/aromatic N) is 2. The molecule has 0 aromatic rings. The maximum atomic E-state index is 11.6. The van der Waals surface area contributed by atoms with Crippen LogP contribution in [0.1, 0.15) is 12.8 Å². The molecule has 4 nitrogen and oxygen atoms in total. The zero-order valence-electron chi connectivity index (χ0n) is 8.83. The Morgan fingerprint density at radius 2 is 2.29 bits per heavy atom. The summed E-state index contributed by atoms with van der Waals surface area (Å²) in [7, 11) is 1.90. The summed E-state index contributed by atoms with van der Waals surface area (Å²) in [5.41, 5.74) is 0. The molecule has 2 rings (SSSR count). The number of hydrogen-bond acceptors (Lipinski definition) is 3. The van der Waals surface area contributed by atoms with Crippen LogP contribution in [0.25, 0.3) is 0 Å². The lowest BCUT2D eigenvalue weighted by Gasteiger charge is -2.25. The van der Waals surface area contributed by atoms with Gasteiger partial charge in [-0.1, -0.05) is 0 Å².